The van der Waals surface area contributed by atoms with Crippen molar-refractivity contribution in [3.8, 4) is 11.6 Å². The summed E-state index contributed by atoms with van der Waals surface area (Å²) in [5.41, 5.74) is 1.41. The fraction of sp³-hybridized carbons (Fsp3) is 0.0714. The monoisotopic (exact) mass is 333 g/mol. The van der Waals surface area contributed by atoms with Crippen molar-refractivity contribution in [2.75, 3.05) is 0 Å². The molecule has 1 aromatic carbocycles. The third kappa shape index (κ3) is 2.60. The van der Waals surface area contributed by atoms with E-state index >= 15 is 0 Å². The molecule has 6 nitrogen and oxygen atoms in total. The lowest BCUT2D eigenvalue weighted by atomic mass is 10.3. The molecule has 4 rings (SSSR count). The maximum Gasteiger partial charge on any atom is 0.257 e. The summed E-state index contributed by atoms with van der Waals surface area (Å²) in [7, 11) is 0. The zero-order valence-corrected chi connectivity index (χ0v) is 12.6. The van der Waals surface area contributed by atoms with E-state index in [2.05, 4.69) is 15.1 Å². The summed E-state index contributed by atoms with van der Waals surface area (Å²) in [5, 5.41) is 5.01. The number of benzene rings is 1. The van der Waals surface area contributed by atoms with Crippen LogP contribution < -0.4 is 0 Å². The second-order valence-electron chi connectivity index (χ2n) is 4.37. The second-order valence-corrected chi connectivity index (χ2v) is 5.73. The lowest BCUT2D eigenvalue weighted by molar-refractivity contribution is 0.389. The number of furan rings is 1. The normalized spacial score (nSPS) is 11.3. The van der Waals surface area contributed by atoms with Crippen LogP contribution in [0, 0.1) is 0 Å². The summed E-state index contributed by atoms with van der Waals surface area (Å²) in [6.45, 7) is 0. The first-order valence-electron chi connectivity index (χ1n) is 6.33. The smallest absolute Gasteiger partial charge is 0.257 e. The molecule has 0 radical (unpaired) electrons. The molecule has 22 heavy (non-hydrogen) atoms. The van der Waals surface area contributed by atoms with Gasteiger partial charge in [0.2, 0.25) is 11.7 Å². The zero-order chi connectivity index (χ0) is 14.9. The average Bonchev–Trinajstić information content (AvgIpc) is 3.24. The van der Waals surface area contributed by atoms with E-state index in [4.69, 9.17) is 25.0 Å². The Labute approximate surface area is 133 Å². The maximum atomic E-state index is 5.92. The Morgan fingerprint density at radius 3 is 3.00 bits per heavy atom. The predicted molar refractivity (Wildman–Crippen MR) is 80.6 cm³/mol. The lowest BCUT2D eigenvalue weighted by Gasteiger charge is -1.89. The van der Waals surface area contributed by atoms with Gasteiger partial charge in [0, 0.05) is 5.02 Å². The Bertz CT molecular complexity index is 917. The topological polar surface area (TPSA) is 78.1 Å². The molecule has 0 aliphatic heterocycles. The van der Waals surface area contributed by atoms with Crippen molar-refractivity contribution in [2.24, 2.45) is 0 Å². The molecule has 0 spiro atoms. The van der Waals surface area contributed by atoms with Gasteiger partial charge in [-0.2, -0.15) is 4.98 Å². The molecule has 0 saturated carbocycles. The molecular formula is C14H8ClN3O3S. The van der Waals surface area contributed by atoms with Gasteiger partial charge in [0.1, 0.15) is 5.52 Å². The Balaban J connectivity index is 1.49. The minimum Gasteiger partial charge on any atom is -0.461 e. The van der Waals surface area contributed by atoms with Crippen LogP contribution in [0.15, 0.2) is 55.2 Å². The van der Waals surface area contributed by atoms with Crippen molar-refractivity contribution in [1.29, 1.82) is 0 Å². The van der Waals surface area contributed by atoms with Crippen LogP contribution in [0.4, 0.5) is 0 Å². The molecule has 3 heterocycles. The van der Waals surface area contributed by atoms with Crippen LogP contribution in [-0.2, 0) is 5.75 Å². The lowest BCUT2D eigenvalue weighted by Crippen LogP contribution is -1.81. The van der Waals surface area contributed by atoms with Crippen molar-refractivity contribution < 1.29 is 13.4 Å². The van der Waals surface area contributed by atoms with Gasteiger partial charge in [-0.3, -0.25) is 0 Å². The number of rotatable bonds is 4. The Morgan fingerprint density at radius 1 is 1.18 bits per heavy atom. The minimum absolute atomic E-state index is 0.421. The fourth-order valence-electron chi connectivity index (χ4n) is 1.88. The van der Waals surface area contributed by atoms with E-state index in [9.17, 15) is 0 Å². The Kier molecular flexibility index (Phi) is 3.36. The molecule has 0 aliphatic rings. The minimum atomic E-state index is 0.421. The highest BCUT2D eigenvalue weighted by atomic mass is 35.5. The summed E-state index contributed by atoms with van der Waals surface area (Å²) in [6.07, 6.45) is 1.56. The first-order chi connectivity index (χ1) is 10.8. The van der Waals surface area contributed by atoms with E-state index in [1.807, 2.05) is 0 Å². The van der Waals surface area contributed by atoms with Gasteiger partial charge in [-0.25, -0.2) is 4.98 Å². The number of halogens is 1. The van der Waals surface area contributed by atoms with Gasteiger partial charge in [0.25, 0.3) is 5.22 Å². The van der Waals surface area contributed by atoms with Crippen LogP contribution in [0.1, 0.15) is 5.89 Å². The highest BCUT2D eigenvalue weighted by molar-refractivity contribution is 7.98. The molecule has 0 unspecified atom stereocenters. The molecule has 0 atom stereocenters. The summed E-state index contributed by atoms with van der Waals surface area (Å²) in [5.74, 6) is 1.91. The van der Waals surface area contributed by atoms with Gasteiger partial charge in [0.15, 0.2) is 11.3 Å². The van der Waals surface area contributed by atoms with E-state index in [0.717, 1.165) is 5.52 Å². The molecule has 4 aromatic rings. The molecule has 0 N–H and O–H groups in total. The molecule has 110 valence electrons. The molecule has 3 aromatic heterocycles. The van der Waals surface area contributed by atoms with Gasteiger partial charge in [-0.05, 0) is 30.3 Å². The fourth-order valence-corrected chi connectivity index (χ4v) is 2.73. The van der Waals surface area contributed by atoms with E-state index in [1.54, 1.807) is 36.6 Å². The maximum absolute atomic E-state index is 5.92. The van der Waals surface area contributed by atoms with Crippen molar-refractivity contribution >= 4 is 34.5 Å². The molecule has 0 fully saturated rings. The third-order valence-electron chi connectivity index (χ3n) is 2.86. The molecule has 8 heteroatoms. The SMILES string of the molecule is Clc1ccc2oc(SCc3nc(-c4ccco4)no3)nc2c1. The largest absolute Gasteiger partial charge is 0.461 e. The summed E-state index contributed by atoms with van der Waals surface area (Å²) in [4.78, 5) is 8.60. The Morgan fingerprint density at radius 2 is 2.14 bits per heavy atom. The standard InChI is InChI=1S/C14H8ClN3O3S/c15-8-3-4-10-9(6-8)16-14(20-10)22-7-12-17-13(18-21-12)11-2-1-5-19-11/h1-6H,7H2. The van der Waals surface area contributed by atoms with Crippen LogP contribution in [0.2, 0.25) is 5.02 Å². The van der Waals surface area contributed by atoms with Crippen LogP contribution in [-0.4, -0.2) is 15.1 Å². The van der Waals surface area contributed by atoms with Crippen molar-refractivity contribution in [3.05, 3.63) is 47.5 Å². The van der Waals surface area contributed by atoms with E-state index in [0.29, 0.717) is 39.1 Å². The number of hydrogen-bond acceptors (Lipinski definition) is 7. The summed E-state index contributed by atoms with van der Waals surface area (Å²) in [6, 6.07) is 8.84. The molecule has 0 bridgehead atoms. The molecule has 0 saturated heterocycles. The van der Waals surface area contributed by atoms with Gasteiger partial charge < -0.3 is 13.4 Å². The number of thioether (sulfide) groups is 1. The second kappa shape index (κ2) is 5.51. The van der Waals surface area contributed by atoms with Gasteiger partial charge in [-0.1, -0.05) is 28.5 Å². The van der Waals surface area contributed by atoms with Gasteiger partial charge >= 0.3 is 0 Å². The van der Waals surface area contributed by atoms with Gasteiger partial charge in [0.05, 0.1) is 12.0 Å². The third-order valence-corrected chi connectivity index (χ3v) is 3.91. The van der Waals surface area contributed by atoms with E-state index < -0.39 is 0 Å². The number of hydrogen-bond donors (Lipinski definition) is 0. The first kappa shape index (κ1) is 13.4. The number of aromatic nitrogens is 3. The Hall–Kier alpha value is -2.25. The number of nitrogens with zero attached hydrogens (tertiary/aromatic N) is 3. The van der Waals surface area contributed by atoms with E-state index in [-0.39, 0.29) is 0 Å². The van der Waals surface area contributed by atoms with Gasteiger partial charge in [-0.15, -0.1) is 0 Å². The van der Waals surface area contributed by atoms with E-state index in [1.165, 1.54) is 11.8 Å². The highest BCUT2D eigenvalue weighted by Crippen LogP contribution is 2.28. The van der Waals surface area contributed by atoms with Crippen LogP contribution in [0.5, 0.6) is 0 Å². The summed E-state index contributed by atoms with van der Waals surface area (Å²) >= 11 is 7.29. The quantitative estimate of drug-likeness (QED) is 0.511. The zero-order valence-electron chi connectivity index (χ0n) is 11.0. The van der Waals surface area contributed by atoms with Crippen LogP contribution in [0.25, 0.3) is 22.7 Å². The van der Waals surface area contributed by atoms with Crippen molar-refractivity contribution in [3.63, 3.8) is 0 Å². The molecular weight excluding hydrogens is 326 g/mol. The average molecular weight is 334 g/mol. The number of oxazole rings is 1. The first-order valence-corrected chi connectivity index (χ1v) is 7.70. The van der Waals surface area contributed by atoms with Crippen LogP contribution >= 0.6 is 23.4 Å². The van der Waals surface area contributed by atoms with Crippen molar-refractivity contribution in [2.45, 2.75) is 11.0 Å². The highest BCUT2D eigenvalue weighted by Gasteiger charge is 2.13. The summed E-state index contributed by atoms with van der Waals surface area (Å²) < 4.78 is 16.0. The van der Waals surface area contributed by atoms with Crippen molar-refractivity contribution in [1.82, 2.24) is 15.1 Å². The predicted octanol–water partition coefficient (Wildman–Crippen LogP) is 4.42. The van der Waals surface area contributed by atoms with Crippen LogP contribution in [0.3, 0.4) is 0 Å². The number of fused-ring (bicyclic) bond motifs is 1. The molecule has 0 amide bonds. The molecule has 0 aliphatic carbocycles.